The van der Waals surface area contributed by atoms with Gasteiger partial charge in [0.25, 0.3) is 0 Å². The maximum atomic E-state index is 11.5. The summed E-state index contributed by atoms with van der Waals surface area (Å²) in [5, 5.41) is 29.2. The minimum Gasteiger partial charge on any atom is -0.494 e. The summed E-state index contributed by atoms with van der Waals surface area (Å²) >= 11 is 0. The van der Waals surface area contributed by atoms with Crippen LogP contribution in [0.4, 0.5) is 0 Å². The normalized spacial score (nSPS) is 19.0. The van der Waals surface area contributed by atoms with Crippen molar-refractivity contribution in [2.75, 3.05) is 26.9 Å². The number of aliphatic carboxylic acids is 1. The van der Waals surface area contributed by atoms with E-state index in [0.717, 1.165) is 56.6 Å². The molecule has 5 rings (SSSR count). The molecule has 9 heteroatoms. The Bertz CT molecular complexity index is 1330. The summed E-state index contributed by atoms with van der Waals surface area (Å²) in [6.07, 6.45) is 4.23. The number of carbonyl (C=O) groups is 1. The molecule has 0 unspecified atom stereocenters. The first-order chi connectivity index (χ1) is 19.8. The highest BCUT2D eigenvalue weighted by Gasteiger charge is 2.29. The summed E-state index contributed by atoms with van der Waals surface area (Å²) in [5.41, 5.74) is 3.59. The molecule has 1 aliphatic carbocycles. The summed E-state index contributed by atoms with van der Waals surface area (Å²) in [6, 6.07) is 15.5. The van der Waals surface area contributed by atoms with Gasteiger partial charge < -0.3 is 29.5 Å². The number of benzene rings is 2. The van der Waals surface area contributed by atoms with E-state index in [4.69, 9.17) is 14.2 Å². The SMILES string of the molecule is COc1cc(CN(CC2CCC(C(=O)O)CC2)[C@H](C)c2ccc3c(c2)CCO3)ccc1OCCn1c(O)ccc1O. The molecule has 2 aromatic carbocycles. The van der Waals surface area contributed by atoms with Gasteiger partial charge in [0.2, 0.25) is 0 Å². The number of aromatic nitrogens is 1. The second-order valence-electron chi connectivity index (χ2n) is 11.2. The topological polar surface area (TPSA) is 114 Å². The Balaban J connectivity index is 1.30. The van der Waals surface area contributed by atoms with Crippen LogP contribution < -0.4 is 14.2 Å². The van der Waals surface area contributed by atoms with Crippen LogP contribution in [0, 0.1) is 11.8 Å². The zero-order chi connectivity index (χ0) is 28.9. The van der Waals surface area contributed by atoms with Gasteiger partial charge in [-0.15, -0.1) is 0 Å². The summed E-state index contributed by atoms with van der Waals surface area (Å²) in [4.78, 5) is 14.0. The van der Waals surface area contributed by atoms with Gasteiger partial charge in [-0.25, -0.2) is 0 Å². The molecule has 1 aliphatic heterocycles. The smallest absolute Gasteiger partial charge is 0.306 e. The maximum Gasteiger partial charge on any atom is 0.306 e. The molecule has 9 nitrogen and oxygen atoms in total. The van der Waals surface area contributed by atoms with E-state index in [1.807, 2.05) is 18.2 Å². The van der Waals surface area contributed by atoms with Crippen molar-refractivity contribution < 1.29 is 34.3 Å². The number of hydrogen-bond acceptors (Lipinski definition) is 7. The van der Waals surface area contributed by atoms with Crippen molar-refractivity contribution >= 4 is 5.97 Å². The van der Waals surface area contributed by atoms with Crippen LogP contribution in [0.3, 0.4) is 0 Å². The van der Waals surface area contributed by atoms with Crippen LogP contribution in [0.1, 0.15) is 55.3 Å². The molecule has 2 aliphatic rings. The van der Waals surface area contributed by atoms with Crippen LogP contribution in [0.5, 0.6) is 29.0 Å². The predicted molar refractivity (Wildman–Crippen MR) is 154 cm³/mol. The molecule has 0 spiro atoms. The Morgan fingerprint density at radius 2 is 1.80 bits per heavy atom. The highest BCUT2D eigenvalue weighted by molar-refractivity contribution is 5.70. The van der Waals surface area contributed by atoms with Crippen molar-refractivity contribution in [3.05, 3.63) is 65.2 Å². The first kappa shape index (κ1) is 28.7. The second-order valence-corrected chi connectivity index (χ2v) is 11.2. The van der Waals surface area contributed by atoms with Crippen LogP contribution >= 0.6 is 0 Å². The van der Waals surface area contributed by atoms with E-state index >= 15 is 0 Å². The lowest BCUT2D eigenvalue weighted by atomic mass is 9.81. The van der Waals surface area contributed by atoms with Gasteiger partial charge in [-0.2, -0.15) is 0 Å². The first-order valence-electron chi connectivity index (χ1n) is 14.4. The summed E-state index contributed by atoms with van der Waals surface area (Å²) in [5.74, 6) is 1.69. The minimum atomic E-state index is -0.676. The molecule has 1 fully saturated rings. The van der Waals surface area contributed by atoms with Gasteiger partial charge in [-0.1, -0.05) is 18.2 Å². The fraction of sp³-hybridized carbons (Fsp3) is 0.469. The second kappa shape index (κ2) is 12.8. The molecule has 1 saturated carbocycles. The molecule has 220 valence electrons. The van der Waals surface area contributed by atoms with E-state index < -0.39 is 5.97 Å². The lowest BCUT2D eigenvalue weighted by Gasteiger charge is -2.35. The lowest BCUT2D eigenvalue weighted by Crippen LogP contribution is -2.34. The molecule has 2 heterocycles. The number of ether oxygens (including phenoxy) is 3. The van der Waals surface area contributed by atoms with Gasteiger partial charge in [0.1, 0.15) is 12.4 Å². The van der Waals surface area contributed by atoms with Crippen molar-refractivity contribution in [1.82, 2.24) is 9.47 Å². The Hall–Kier alpha value is -3.85. The van der Waals surface area contributed by atoms with Crippen LogP contribution in [-0.4, -0.2) is 57.6 Å². The van der Waals surface area contributed by atoms with E-state index in [-0.39, 0.29) is 36.9 Å². The molecule has 0 radical (unpaired) electrons. The number of aromatic hydroxyl groups is 2. The number of hydrogen-bond donors (Lipinski definition) is 3. The largest absolute Gasteiger partial charge is 0.494 e. The maximum absolute atomic E-state index is 11.5. The van der Waals surface area contributed by atoms with Crippen LogP contribution in [0.25, 0.3) is 0 Å². The van der Waals surface area contributed by atoms with Crippen molar-refractivity contribution in [3.63, 3.8) is 0 Å². The predicted octanol–water partition coefficient (Wildman–Crippen LogP) is 5.38. The molecule has 0 amide bonds. The molecule has 3 aromatic rings. The molecule has 1 aromatic heterocycles. The standard InChI is InChI=1S/C32H40N2O7/c1-21(25-8-10-27-26(18-25)13-15-40-27)33(19-22-3-6-24(7-4-22)32(37)38)20-23-5-9-28(29(17-23)39-2)41-16-14-34-30(35)11-12-31(34)36/h5,8-12,17-18,21-22,24,35-36H,3-4,6-7,13-16,19-20H2,1-2H3,(H,37,38)/t21-,22?,24?/m1/s1. The zero-order valence-corrected chi connectivity index (χ0v) is 23.8. The molecule has 0 bridgehead atoms. The van der Waals surface area contributed by atoms with Crippen LogP contribution in [-0.2, 0) is 24.3 Å². The highest BCUT2D eigenvalue weighted by atomic mass is 16.5. The van der Waals surface area contributed by atoms with E-state index in [1.54, 1.807) is 7.11 Å². The van der Waals surface area contributed by atoms with Gasteiger partial charge in [-0.3, -0.25) is 14.3 Å². The third-order valence-corrected chi connectivity index (χ3v) is 8.55. The van der Waals surface area contributed by atoms with Gasteiger partial charge in [0, 0.05) is 37.7 Å². The minimum absolute atomic E-state index is 0.0185. The first-order valence-corrected chi connectivity index (χ1v) is 14.4. The average Bonchev–Trinajstić information content (AvgIpc) is 3.58. The number of carboxylic acids is 1. The fourth-order valence-electron chi connectivity index (χ4n) is 6.05. The monoisotopic (exact) mass is 564 g/mol. The average molecular weight is 565 g/mol. The quantitative estimate of drug-likeness (QED) is 0.269. The molecule has 0 saturated heterocycles. The number of rotatable bonds is 12. The van der Waals surface area contributed by atoms with Gasteiger partial charge in [0.15, 0.2) is 23.3 Å². The Morgan fingerprint density at radius 3 is 2.51 bits per heavy atom. The third kappa shape index (κ3) is 6.73. The fourth-order valence-corrected chi connectivity index (χ4v) is 6.05. The number of nitrogens with zero attached hydrogens (tertiary/aromatic N) is 2. The lowest BCUT2D eigenvalue weighted by molar-refractivity contribution is -0.143. The van der Waals surface area contributed by atoms with Crippen LogP contribution in [0.2, 0.25) is 0 Å². The molecule has 3 N–H and O–H groups in total. The van der Waals surface area contributed by atoms with Crippen molar-refractivity contribution in [2.45, 2.75) is 58.2 Å². The Kier molecular flexibility index (Phi) is 8.93. The van der Waals surface area contributed by atoms with E-state index in [9.17, 15) is 20.1 Å². The number of methoxy groups -OCH3 is 1. The summed E-state index contributed by atoms with van der Waals surface area (Å²) in [7, 11) is 1.61. The van der Waals surface area contributed by atoms with E-state index in [1.165, 1.54) is 27.8 Å². The third-order valence-electron chi connectivity index (χ3n) is 8.55. The molecule has 1 atom stereocenters. The molecular weight excluding hydrogens is 524 g/mol. The van der Waals surface area contributed by atoms with Gasteiger partial charge >= 0.3 is 5.97 Å². The van der Waals surface area contributed by atoms with E-state index in [0.29, 0.717) is 24.0 Å². The van der Waals surface area contributed by atoms with Crippen LogP contribution in [0.15, 0.2) is 48.5 Å². The van der Waals surface area contributed by atoms with Crippen molar-refractivity contribution in [2.24, 2.45) is 11.8 Å². The van der Waals surface area contributed by atoms with Gasteiger partial charge in [0.05, 0.1) is 26.2 Å². The summed E-state index contributed by atoms with van der Waals surface area (Å²) < 4.78 is 18.7. The van der Waals surface area contributed by atoms with Gasteiger partial charge in [-0.05, 0) is 73.4 Å². The number of carboxylic acid groups (broad SMARTS) is 1. The van der Waals surface area contributed by atoms with E-state index in [2.05, 4.69) is 30.0 Å². The van der Waals surface area contributed by atoms with Crippen molar-refractivity contribution in [3.8, 4) is 29.0 Å². The summed E-state index contributed by atoms with van der Waals surface area (Å²) in [6.45, 7) is 5.08. The zero-order valence-electron chi connectivity index (χ0n) is 23.8. The molecule has 41 heavy (non-hydrogen) atoms. The Morgan fingerprint density at radius 1 is 1.05 bits per heavy atom. The van der Waals surface area contributed by atoms with Crippen molar-refractivity contribution in [1.29, 1.82) is 0 Å². The number of fused-ring (bicyclic) bond motifs is 1. The highest BCUT2D eigenvalue weighted by Crippen LogP contribution is 2.36. The Labute approximate surface area is 240 Å². The molecular formula is C32H40N2O7.